The molecule has 22 heavy (non-hydrogen) atoms. The van der Waals surface area contributed by atoms with Crippen molar-refractivity contribution >= 4 is 29.3 Å². The Hall–Kier alpha value is -1.59. The molecule has 1 aromatic carbocycles. The number of nitrogens with two attached hydrogens (primary N) is 1. The molecular weight excluding hydrogens is 307 g/mol. The zero-order valence-corrected chi connectivity index (χ0v) is 13.2. The van der Waals surface area contributed by atoms with Gasteiger partial charge >= 0.3 is 5.97 Å². The minimum atomic E-state index is -0.851. The average Bonchev–Trinajstić information content (AvgIpc) is 2.73. The summed E-state index contributed by atoms with van der Waals surface area (Å²) in [6.07, 6.45) is 2.76. The lowest BCUT2D eigenvalue weighted by atomic mass is 9.92. The highest BCUT2D eigenvalue weighted by Gasteiger charge is 2.29. The van der Waals surface area contributed by atoms with E-state index in [9.17, 15) is 14.3 Å². The second-order valence-corrected chi connectivity index (χ2v) is 5.72. The maximum atomic E-state index is 13.6. The molecule has 120 valence electrons. The van der Waals surface area contributed by atoms with E-state index in [0.29, 0.717) is 12.8 Å². The molecule has 4 nitrogen and oxygen atoms in total. The van der Waals surface area contributed by atoms with Crippen LogP contribution in [0, 0.1) is 5.82 Å². The summed E-state index contributed by atoms with van der Waals surface area (Å²) in [5.74, 6) is -1.15. The molecule has 3 rings (SSSR count). The van der Waals surface area contributed by atoms with E-state index in [-0.39, 0.29) is 24.3 Å². The first kappa shape index (κ1) is 16.8. The first-order chi connectivity index (χ1) is 10.0. The molecule has 1 aromatic heterocycles. The molecule has 0 radical (unpaired) electrons. The van der Waals surface area contributed by atoms with Crippen molar-refractivity contribution in [3.63, 3.8) is 0 Å². The van der Waals surface area contributed by atoms with Crippen LogP contribution in [0.1, 0.15) is 37.1 Å². The van der Waals surface area contributed by atoms with Gasteiger partial charge in [0.2, 0.25) is 0 Å². The van der Waals surface area contributed by atoms with E-state index in [1.165, 1.54) is 12.1 Å². The van der Waals surface area contributed by atoms with Crippen LogP contribution in [0.2, 0.25) is 0 Å². The number of aliphatic carboxylic acids is 1. The van der Waals surface area contributed by atoms with Gasteiger partial charge in [0, 0.05) is 22.6 Å². The van der Waals surface area contributed by atoms with Crippen LogP contribution in [0.15, 0.2) is 18.2 Å². The normalized spacial score (nSPS) is 18.6. The topological polar surface area (TPSA) is 68.2 Å². The number of carbonyl (C=O) groups is 1. The van der Waals surface area contributed by atoms with Gasteiger partial charge in [-0.25, -0.2) is 9.18 Å². The quantitative estimate of drug-likeness (QED) is 0.911. The lowest BCUT2D eigenvalue weighted by Gasteiger charge is -2.23. The van der Waals surface area contributed by atoms with Gasteiger partial charge in [-0.3, -0.25) is 0 Å². The second kappa shape index (κ2) is 6.26. The van der Waals surface area contributed by atoms with Gasteiger partial charge in [0.1, 0.15) is 11.9 Å². The number of nitrogens with zero attached hydrogens (tertiary/aromatic N) is 1. The summed E-state index contributed by atoms with van der Waals surface area (Å²) < 4.78 is 15.5. The zero-order valence-electron chi connectivity index (χ0n) is 12.4. The molecule has 3 N–H and O–H groups in total. The van der Waals surface area contributed by atoms with Crippen molar-refractivity contribution in [3.8, 4) is 0 Å². The molecule has 0 fully saturated rings. The van der Waals surface area contributed by atoms with Gasteiger partial charge in [0.05, 0.1) is 0 Å². The van der Waals surface area contributed by atoms with E-state index in [0.717, 1.165) is 35.0 Å². The fourth-order valence-corrected chi connectivity index (χ4v) is 3.42. The predicted octanol–water partition coefficient (Wildman–Crippen LogP) is 3.05. The molecule has 2 atom stereocenters. The summed E-state index contributed by atoms with van der Waals surface area (Å²) in [5, 5.41) is 10.3. The number of hydrogen-bond donors (Lipinski definition) is 2. The average molecular weight is 327 g/mol. The zero-order chi connectivity index (χ0) is 15.1. The lowest BCUT2D eigenvalue weighted by molar-refractivity contribution is -0.140. The third-order valence-electron chi connectivity index (χ3n) is 4.38. The van der Waals surface area contributed by atoms with Crippen LogP contribution in [-0.4, -0.2) is 21.7 Å². The maximum Gasteiger partial charge on any atom is 0.326 e. The molecule has 0 saturated carbocycles. The van der Waals surface area contributed by atoms with Gasteiger partial charge in [-0.2, -0.15) is 0 Å². The molecule has 2 aromatic rings. The fraction of sp³-hybridized carbons (Fsp3) is 0.438. The molecule has 6 heteroatoms. The SMILES string of the molecule is CCC(C(=O)O)n1c2c(c3cc(F)ccc31)C[C@H](N)CC2.Cl. The summed E-state index contributed by atoms with van der Waals surface area (Å²) in [4.78, 5) is 11.6. The lowest BCUT2D eigenvalue weighted by Crippen LogP contribution is -2.29. The monoisotopic (exact) mass is 326 g/mol. The summed E-state index contributed by atoms with van der Waals surface area (Å²) in [5.41, 5.74) is 8.86. The van der Waals surface area contributed by atoms with Gasteiger partial charge in [-0.05, 0) is 49.4 Å². The van der Waals surface area contributed by atoms with E-state index in [1.54, 1.807) is 6.07 Å². The number of aromatic nitrogens is 1. The van der Waals surface area contributed by atoms with Crippen molar-refractivity contribution in [2.45, 2.75) is 44.7 Å². The predicted molar refractivity (Wildman–Crippen MR) is 86.1 cm³/mol. The molecule has 0 spiro atoms. The van der Waals surface area contributed by atoms with Crippen LogP contribution < -0.4 is 5.73 Å². The first-order valence-electron chi connectivity index (χ1n) is 7.32. The standard InChI is InChI=1S/C16H19FN2O2.ClH/c1-2-13(16(20)21)19-14-5-3-9(17)7-11(14)12-8-10(18)4-6-15(12)19;/h3,5,7,10,13H,2,4,6,8,18H2,1H3,(H,20,21);1H/t10-,13?;/m1./s1. The molecule has 1 unspecified atom stereocenters. The number of fused-ring (bicyclic) bond motifs is 3. The number of rotatable bonds is 3. The summed E-state index contributed by atoms with van der Waals surface area (Å²) in [6, 6.07) is 4.01. The van der Waals surface area contributed by atoms with E-state index in [2.05, 4.69) is 0 Å². The number of carboxylic acid groups (broad SMARTS) is 1. The van der Waals surface area contributed by atoms with Gasteiger partial charge in [0.15, 0.2) is 0 Å². The summed E-state index contributed by atoms with van der Waals surface area (Å²) in [6.45, 7) is 1.86. The van der Waals surface area contributed by atoms with E-state index >= 15 is 0 Å². The maximum absolute atomic E-state index is 13.6. The van der Waals surface area contributed by atoms with Crippen molar-refractivity contribution < 1.29 is 14.3 Å². The number of hydrogen-bond acceptors (Lipinski definition) is 2. The molecule has 1 heterocycles. The molecule has 0 aliphatic heterocycles. The number of benzene rings is 1. The van der Waals surface area contributed by atoms with Crippen LogP contribution in [0.25, 0.3) is 10.9 Å². The minimum Gasteiger partial charge on any atom is -0.480 e. The van der Waals surface area contributed by atoms with E-state index in [4.69, 9.17) is 5.73 Å². The minimum absolute atomic E-state index is 0. The van der Waals surface area contributed by atoms with Crippen molar-refractivity contribution in [2.75, 3.05) is 0 Å². The van der Waals surface area contributed by atoms with Crippen molar-refractivity contribution in [2.24, 2.45) is 5.73 Å². The van der Waals surface area contributed by atoms with Crippen LogP contribution in [-0.2, 0) is 17.6 Å². The Morgan fingerprint density at radius 3 is 2.91 bits per heavy atom. The number of halogens is 2. The highest BCUT2D eigenvalue weighted by molar-refractivity contribution is 5.88. The Balaban J connectivity index is 0.00000176. The Kier molecular flexibility index (Phi) is 4.78. The third-order valence-corrected chi connectivity index (χ3v) is 4.38. The summed E-state index contributed by atoms with van der Waals surface area (Å²) >= 11 is 0. The first-order valence-corrected chi connectivity index (χ1v) is 7.32. The molecule has 0 bridgehead atoms. The van der Waals surface area contributed by atoms with Crippen LogP contribution in [0.3, 0.4) is 0 Å². The van der Waals surface area contributed by atoms with Crippen molar-refractivity contribution in [3.05, 3.63) is 35.3 Å². The van der Waals surface area contributed by atoms with Crippen LogP contribution in [0.4, 0.5) is 4.39 Å². The fourth-order valence-electron chi connectivity index (χ4n) is 3.42. The van der Waals surface area contributed by atoms with Crippen molar-refractivity contribution in [1.82, 2.24) is 4.57 Å². The second-order valence-electron chi connectivity index (χ2n) is 5.72. The van der Waals surface area contributed by atoms with Gasteiger partial charge < -0.3 is 15.4 Å². The Bertz CT molecular complexity index is 714. The highest BCUT2D eigenvalue weighted by atomic mass is 35.5. The van der Waals surface area contributed by atoms with Gasteiger partial charge in [0.25, 0.3) is 0 Å². The van der Waals surface area contributed by atoms with Crippen LogP contribution in [0.5, 0.6) is 0 Å². The van der Waals surface area contributed by atoms with Gasteiger partial charge in [-0.1, -0.05) is 6.92 Å². The van der Waals surface area contributed by atoms with Crippen molar-refractivity contribution in [1.29, 1.82) is 0 Å². The Labute approximate surface area is 134 Å². The molecule has 1 aliphatic carbocycles. The highest BCUT2D eigenvalue weighted by Crippen LogP contribution is 2.35. The van der Waals surface area contributed by atoms with Crippen LogP contribution >= 0.6 is 12.4 Å². The Morgan fingerprint density at radius 1 is 1.55 bits per heavy atom. The summed E-state index contributed by atoms with van der Waals surface area (Å²) in [7, 11) is 0. The molecule has 0 saturated heterocycles. The smallest absolute Gasteiger partial charge is 0.326 e. The van der Waals surface area contributed by atoms with E-state index < -0.39 is 12.0 Å². The number of carboxylic acids is 1. The Morgan fingerprint density at radius 2 is 2.27 bits per heavy atom. The molecular formula is C16H20ClFN2O2. The van der Waals surface area contributed by atoms with E-state index in [1.807, 2.05) is 11.5 Å². The van der Waals surface area contributed by atoms with Gasteiger partial charge in [-0.15, -0.1) is 12.4 Å². The largest absolute Gasteiger partial charge is 0.480 e. The third kappa shape index (κ3) is 2.59. The molecule has 0 amide bonds. The molecule has 1 aliphatic rings.